The number of rotatable bonds is 7. The number of hydrogen-bond acceptors (Lipinski definition) is 7. The van der Waals surface area contributed by atoms with Crippen LogP contribution in [-0.2, 0) is 17.6 Å². The van der Waals surface area contributed by atoms with Gasteiger partial charge in [-0.25, -0.2) is 0 Å². The lowest BCUT2D eigenvalue weighted by Gasteiger charge is -2.36. The molecular weight excluding hydrogens is 452 g/mol. The highest BCUT2D eigenvalue weighted by Gasteiger charge is 2.34. The molecule has 2 aromatic heterocycles. The smallest absolute Gasteiger partial charge is 0.291 e. The molecule has 1 N–H and O–H groups in total. The second kappa shape index (κ2) is 10.2. The van der Waals surface area contributed by atoms with Gasteiger partial charge < -0.3 is 23.9 Å². The SMILES string of the molecule is COc1ccc(C(c2c(NC(=O)c3ccco3)sc3c2CCCC3)N2CCOCC2)c(OC)c1. The first-order chi connectivity index (χ1) is 16.7. The molecule has 1 atom stereocenters. The second-order valence-electron chi connectivity index (χ2n) is 8.54. The molecular formula is C26H30N2O5S. The molecule has 1 aliphatic carbocycles. The summed E-state index contributed by atoms with van der Waals surface area (Å²) < 4.78 is 22.3. The average Bonchev–Trinajstić information content (AvgIpc) is 3.54. The second-order valence-corrected chi connectivity index (χ2v) is 9.65. The first-order valence-corrected chi connectivity index (χ1v) is 12.5. The van der Waals surface area contributed by atoms with Crippen LogP contribution in [0.5, 0.6) is 11.5 Å². The number of furan rings is 1. The normalized spacial score (nSPS) is 17.1. The largest absolute Gasteiger partial charge is 0.497 e. The summed E-state index contributed by atoms with van der Waals surface area (Å²) >= 11 is 1.70. The van der Waals surface area contributed by atoms with Gasteiger partial charge in [-0.1, -0.05) is 0 Å². The summed E-state index contributed by atoms with van der Waals surface area (Å²) in [7, 11) is 3.35. The van der Waals surface area contributed by atoms with Gasteiger partial charge in [0.1, 0.15) is 16.5 Å². The maximum atomic E-state index is 13.0. The highest BCUT2D eigenvalue weighted by Crippen LogP contribution is 2.47. The Balaban J connectivity index is 1.65. The van der Waals surface area contributed by atoms with Gasteiger partial charge in [-0.2, -0.15) is 0 Å². The van der Waals surface area contributed by atoms with E-state index in [0.717, 1.165) is 54.4 Å². The van der Waals surface area contributed by atoms with E-state index in [1.165, 1.54) is 28.7 Å². The summed E-state index contributed by atoms with van der Waals surface area (Å²) in [6.45, 7) is 2.96. The molecule has 2 aliphatic rings. The number of nitrogens with one attached hydrogen (secondary N) is 1. The van der Waals surface area contributed by atoms with Crippen LogP contribution in [0.3, 0.4) is 0 Å². The van der Waals surface area contributed by atoms with Crippen molar-refractivity contribution in [3.8, 4) is 11.5 Å². The standard InChI is InChI=1S/C26H30N2O5S/c1-30-17-9-10-18(21(16-17)31-2)24(28-11-14-32-15-12-28)23-19-6-3-4-8-22(19)34-26(23)27-25(29)20-7-5-13-33-20/h5,7,9-10,13,16,24H,3-4,6,8,11-12,14-15H2,1-2H3,(H,27,29). The highest BCUT2D eigenvalue weighted by atomic mass is 32.1. The predicted octanol–water partition coefficient (Wildman–Crippen LogP) is 4.91. The quantitative estimate of drug-likeness (QED) is 0.516. The number of benzene rings is 1. The minimum absolute atomic E-state index is 0.0743. The van der Waals surface area contributed by atoms with Crippen LogP contribution in [0.1, 0.15) is 51.0 Å². The summed E-state index contributed by atoms with van der Waals surface area (Å²) in [5.74, 6) is 1.60. The monoisotopic (exact) mass is 482 g/mol. The number of fused-ring (bicyclic) bond motifs is 1. The molecule has 7 nitrogen and oxygen atoms in total. The number of carbonyl (C=O) groups excluding carboxylic acids is 1. The fourth-order valence-electron chi connectivity index (χ4n) is 4.96. The Kier molecular flexibility index (Phi) is 6.89. The van der Waals surface area contributed by atoms with Crippen LogP contribution in [0, 0.1) is 0 Å². The fraction of sp³-hybridized carbons (Fsp3) is 0.423. The van der Waals surface area contributed by atoms with Crippen molar-refractivity contribution in [3.63, 3.8) is 0 Å². The predicted molar refractivity (Wildman–Crippen MR) is 131 cm³/mol. The number of amides is 1. The maximum absolute atomic E-state index is 13.0. The summed E-state index contributed by atoms with van der Waals surface area (Å²) in [6.07, 6.45) is 5.90. The number of carbonyl (C=O) groups is 1. The summed E-state index contributed by atoms with van der Waals surface area (Å²) in [4.78, 5) is 16.8. The first-order valence-electron chi connectivity index (χ1n) is 11.7. The lowest BCUT2D eigenvalue weighted by molar-refractivity contribution is 0.0235. The van der Waals surface area contributed by atoms with E-state index in [1.54, 1.807) is 37.7 Å². The van der Waals surface area contributed by atoms with Crippen LogP contribution in [0.15, 0.2) is 41.0 Å². The lowest BCUT2D eigenvalue weighted by atomic mass is 9.88. The number of methoxy groups -OCH3 is 2. The van der Waals surface area contributed by atoms with Crippen LogP contribution >= 0.6 is 11.3 Å². The molecule has 1 unspecified atom stereocenters. The van der Waals surface area contributed by atoms with Crippen LogP contribution < -0.4 is 14.8 Å². The zero-order valence-electron chi connectivity index (χ0n) is 19.6. The van der Waals surface area contributed by atoms with Crippen LogP contribution in [0.25, 0.3) is 0 Å². The average molecular weight is 483 g/mol. The molecule has 1 fully saturated rings. The lowest BCUT2D eigenvalue weighted by Crippen LogP contribution is -2.40. The first kappa shape index (κ1) is 23.0. The molecule has 8 heteroatoms. The summed E-state index contributed by atoms with van der Waals surface area (Å²) in [5, 5.41) is 4.07. The summed E-state index contributed by atoms with van der Waals surface area (Å²) in [5.41, 5.74) is 3.59. The Hall–Kier alpha value is -2.81. The van der Waals surface area contributed by atoms with Gasteiger partial charge in [0.05, 0.1) is 39.7 Å². The van der Waals surface area contributed by atoms with Gasteiger partial charge in [-0.3, -0.25) is 9.69 Å². The molecule has 1 aliphatic heterocycles. The Labute approximate surface area is 203 Å². The minimum Gasteiger partial charge on any atom is -0.497 e. The molecule has 34 heavy (non-hydrogen) atoms. The molecule has 3 heterocycles. The van der Waals surface area contributed by atoms with Crippen LogP contribution in [0.2, 0.25) is 0 Å². The number of ether oxygens (including phenoxy) is 3. The molecule has 180 valence electrons. The molecule has 1 saturated heterocycles. The number of hydrogen-bond donors (Lipinski definition) is 1. The molecule has 1 amide bonds. The molecule has 0 radical (unpaired) electrons. The van der Waals surface area contributed by atoms with Crippen molar-refractivity contribution in [1.29, 1.82) is 0 Å². The van der Waals surface area contributed by atoms with E-state index in [2.05, 4.69) is 16.3 Å². The molecule has 1 aromatic carbocycles. The van der Waals surface area contributed by atoms with Gasteiger partial charge in [0, 0.05) is 35.2 Å². The topological polar surface area (TPSA) is 73.2 Å². The van der Waals surface area contributed by atoms with E-state index in [1.807, 2.05) is 12.1 Å². The number of morpholine rings is 1. The number of aryl methyl sites for hydroxylation is 1. The summed E-state index contributed by atoms with van der Waals surface area (Å²) in [6, 6.07) is 9.34. The third-order valence-corrected chi connectivity index (χ3v) is 7.83. The molecule has 3 aromatic rings. The van der Waals surface area contributed by atoms with E-state index in [0.29, 0.717) is 19.0 Å². The van der Waals surface area contributed by atoms with Gasteiger partial charge in [0.15, 0.2) is 5.76 Å². The Morgan fingerprint density at radius 2 is 1.94 bits per heavy atom. The van der Waals surface area contributed by atoms with E-state index in [9.17, 15) is 4.79 Å². The Morgan fingerprint density at radius 3 is 2.68 bits per heavy atom. The Bertz CT molecular complexity index is 1130. The van der Waals surface area contributed by atoms with E-state index >= 15 is 0 Å². The van der Waals surface area contributed by atoms with Crippen LogP contribution in [-0.4, -0.2) is 51.3 Å². The van der Waals surface area contributed by atoms with Crippen molar-refractivity contribution >= 4 is 22.2 Å². The Morgan fingerprint density at radius 1 is 1.12 bits per heavy atom. The van der Waals surface area contributed by atoms with Gasteiger partial charge in [-0.15, -0.1) is 11.3 Å². The minimum atomic E-state index is -0.229. The third-order valence-electron chi connectivity index (χ3n) is 6.60. The van der Waals surface area contributed by atoms with Crippen molar-refractivity contribution in [2.75, 3.05) is 45.8 Å². The van der Waals surface area contributed by atoms with Crippen molar-refractivity contribution in [2.45, 2.75) is 31.7 Å². The van der Waals surface area contributed by atoms with E-state index in [-0.39, 0.29) is 11.9 Å². The van der Waals surface area contributed by atoms with Gasteiger partial charge >= 0.3 is 0 Å². The zero-order chi connectivity index (χ0) is 23.5. The highest BCUT2D eigenvalue weighted by molar-refractivity contribution is 7.16. The van der Waals surface area contributed by atoms with Crippen molar-refractivity contribution in [3.05, 3.63) is 63.9 Å². The number of thiophene rings is 1. The van der Waals surface area contributed by atoms with Gasteiger partial charge in [-0.05, 0) is 55.5 Å². The van der Waals surface area contributed by atoms with Crippen molar-refractivity contribution in [2.24, 2.45) is 0 Å². The van der Waals surface area contributed by atoms with E-state index < -0.39 is 0 Å². The third kappa shape index (κ3) is 4.45. The van der Waals surface area contributed by atoms with Gasteiger partial charge in [0.25, 0.3) is 5.91 Å². The molecule has 0 bridgehead atoms. The molecule has 5 rings (SSSR count). The van der Waals surface area contributed by atoms with E-state index in [4.69, 9.17) is 18.6 Å². The van der Waals surface area contributed by atoms with Crippen molar-refractivity contribution in [1.82, 2.24) is 4.90 Å². The number of nitrogens with zero attached hydrogens (tertiary/aromatic N) is 1. The zero-order valence-corrected chi connectivity index (χ0v) is 20.4. The fourth-order valence-corrected chi connectivity index (χ4v) is 6.28. The number of anilines is 1. The maximum Gasteiger partial charge on any atom is 0.291 e. The van der Waals surface area contributed by atoms with Crippen LogP contribution in [0.4, 0.5) is 5.00 Å². The molecule has 0 spiro atoms. The molecule has 0 saturated carbocycles. The van der Waals surface area contributed by atoms with Crippen molar-refractivity contribution < 1.29 is 23.4 Å². The van der Waals surface area contributed by atoms with Gasteiger partial charge in [0.2, 0.25) is 0 Å².